The normalized spacial score (nSPS) is 16.9. The maximum absolute atomic E-state index is 12.1. The van der Waals surface area contributed by atoms with Gasteiger partial charge in [0.05, 0.1) is 16.3 Å². The highest BCUT2D eigenvalue weighted by Gasteiger charge is 2.16. The third-order valence-corrected chi connectivity index (χ3v) is 5.74. The molecule has 0 aliphatic carbocycles. The minimum atomic E-state index is 0.0451. The number of aryl methyl sites for hydroxylation is 1. The molecule has 2 aromatic carbocycles. The molecule has 1 saturated heterocycles. The summed E-state index contributed by atoms with van der Waals surface area (Å²) >= 11 is 1.69. The third-order valence-electron chi connectivity index (χ3n) is 4.68. The number of anilines is 1. The summed E-state index contributed by atoms with van der Waals surface area (Å²) in [4.78, 5) is 16.8. The van der Waals surface area contributed by atoms with Gasteiger partial charge < -0.3 is 10.1 Å². The SMILES string of the molecule is Cc1ccc2nc(-c3ccc(NC(=O)CCC4CCCO4)cc3)sc2c1. The van der Waals surface area contributed by atoms with Gasteiger partial charge in [0.25, 0.3) is 0 Å². The summed E-state index contributed by atoms with van der Waals surface area (Å²) in [5.41, 5.74) is 4.17. The minimum absolute atomic E-state index is 0.0451. The van der Waals surface area contributed by atoms with Crippen LogP contribution in [0.3, 0.4) is 0 Å². The second-order valence-corrected chi connectivity index (χ2v) is 7.82. The number of fused-ring (bicyclic) bond motifs is 1. The van der Waals surface area contributed by atoms with Crippen LogP contribution in [0.15, 0.2) is 42.5 Å². The van der Waals surface area contributed by atoms with E-state index in [2.05, 4.69) is 30.4 Å². The molecule has 1 aliphatic heterocycles. The Labute approximate surface area is 157 Å². The van der Waals surface area contributed by atoms with Gasteiger partial charge in [0.1, 0.15) is 5.01 Å². The first-order chi connectivity index (χ1) is 12.7. The molecule has 0 bridgehead atoms. The van der Waals surface area contributed by atoms with Crippen molar-refractivity contribution in [2.75, 3.05) is 11.9 Å². The van der Waals surface area contributed by atoms with E-state index in [4.69, 9.17) is 9.72 Å². The van der Waals surface area contributed by atoms with Crippen LogP contribution in [0, 0.1) is 6.92 Å². The summed E-state index contributed by atoms with van der Waals surface area (Å²) < 4.78 is 6.77. The van der Waals surface area contributed by atoms with Crippen molar-refractivity contribution in [3.05, 3.63) is 48.0 Å². The molecule has 1 unspecified atom stereocenters. The molecule has 1 atom stereocenters. The van der Waals surface area contributed by atoms with Gasteiger partial charge in [-0.25, -0.2) is 4.98 Å². The summed E-state index contributed by atoms with van der Waals surface area (Å²) in [6, 6.07) is 14.2. The molecule has 4 rings (SSSR count). The lowest BCUT2D eigenvalue weighted by Crippen LogP contribution is -2.15. The molecule has 2 heterocycles. The lowest BCUT2D eigenvalue weighted by atomic mass is 10.1. The second-order valence-electron chi connectivity index (χ2n) is 6.79. The summed E-state index contributed by atoms with van der Waals surface area (Å²) in [6.45, 7) is 2.92. The van der Waals surface area contributed by atoms with Crippen molar-refractivity contribution in [1.29, 1.82) is 0 Å². The van der Waals surface area contributed by atoms with Crippen molar-refractivity contribution in [3.63, 3.8) is 0 Å². The van der Waals surface area contributed by atoms with Crippen molar-refractivity contribution in [2.45, 2.75) is 38.7 Å². The van der Waals surface area contributed by atoms with E-state index in [1.54, 1.807) is 11.3 Å². The number of carbonyl (C=O) groups excluding carboxylic acids is 1. The van der Waals surface area contributed by atoms with Gasteiger partial charge in [-0.3, -0.25) is 4.79 Å². The van der Waals surface area contributed by atoms with Crippen LogP contribution in [-0.2, 0) is 9.53 Å². The predicted molar refractivity (Wildman–Crippen MR) is 107 cm³/mol. The van der Waals surface area contributed by atoms with Crippen LogP contribution in [0.5, 0.6) is 0 Å². The molecule has 1 aromatic heterocycles. The zero-order valence-corrected chi connectivity index (χ0v) is 15.6. The van der Waals surface area contributed by atoms with Gasteiger partial charge in [-0.05, 0) is 68.1 Å². The van der Waals surface area contributed by atoms with Crippen molar-refractivity contribution in [1.82, 2.24) is 4.98 Å². The lowest BCUT2D eigenvalue weighted by molar-refractivity contribution is -0.116. The van der Waals surface area contributed by atoms with Crippen LogP contribution in [0.25, 0.3) is 20.8 Å². The Bertz CT molecular complexity index is 911. The highest BCUT2D eigenvalue weighted by Crippen LogP contribution is 2.31. The number of nitrogens with zero attached hydrogens (tertiary/aromatic N) is 1. The van der Waals surface area contributed by atoms with E-state index in [0.29, 0.717) is 6.42 Å². The molecule has 3 aromatic rings. The van der Waals surface area contributed by atoms with Crippen molar-refractivity contribution < 1.29 is 9.53 Å². The van der Waals surface area contributed by atoms with E-state index < -0.39 is 0 Å². The second kappa shape index (κ2) is 7.56. The largest absolute Gasteiger partial charge is 0.378 e. The van der Waals surface area contributed by atoms with Crippen LogP contribution < -0.4 is 5.32 Å². The first kappa shape index (κ1) is 17.2. The van der Waals surface area contributed by atoms with Gasteiger partial charge in [0.2, 0.25) is 5.91 Å². The molecule has 1 N–H and O–H groups in total. The lowest BCUT2D eigenvalue weighted by Gasteiger charge is -2.09. The zero-order valence-electron chi connectivity index (χ0n) is 14.8. The monoisotopic (exact) mass is 366 g/mol. The average Bonchev–Trinajstić information content (AvgIpc) is 3.29. The van der Waals surface area contributed by atoms with Crippen molar-refractivity contribution in [2.24, 2.45) is 0 Å². The average molecular weight is 366 g/mol. The van der Waals surface area contributed by atoms with Gasteiger partial charge >= 0.3 is 0 Å². The molecular weight excluding hydrogens is 344 g/mol. The molecule has 0 saturated carbocycles. The van der Waals surface area contributed by atoms with Crippen LogP contribution in [0.4, 0.5) is 5.69 Å². The molecule has 1 aliphatic rings. The van der Waals surface area contributed by atoms with Crippen LogP contribution in [0.2, 0.25) is 0 Å². The maximum atomic E-state index is 12.1. The predicted octanol–water partition coefficient (Wildman–Crippen LogP) is 5.17. The number of thiazole rings is 1. The van der Waals surface area contributed by atoms with E-state index >= 15 is 0 Å². The van der Waals surface area contributed by atoms with E-state index in [-0.39, 0.29) is 12.0 Å². The third kappa shape index (κ3) is 3.94. The van der Waals surface area contributed by atoms with E-state index in [9.17, 15) is 4.79 Å². The van der Waals surface area contributed by atoms with Gasteiger partial charge in [-0.1, -0.05) is 6.07 Å². The molecular formula is C21H22N2O2S. The first-order valence-electron chi connectivity index (χ1n) is 9.06. The highest BCUT2D eigenvalue weighted by atomic mass is 32.1. The number of nitrogens with one attached hydrogen (secondary N) is 1. The molecule has 4 nitrogen and oxygen atoms in total. The standard InChI is InChI=1S/C21H22N2O2S/c1-14-4-10-18-19(13-14)26-21(23-18)15-5-7-16(8-6-15)22-20(24)11-9-17-3-2-12-25-17/h4-8,10,13,17H,2-3,9,11-12H2,1H3,(H,22,24). The van der Waals surface area contributed by atoms with Crippen LogP contribution >= 0.6 is 11.3 Å². The number of benzene rings is 2. The number of aromatic nitrogens is 1. The Kier molecular flexibility index (Phi) is 5.00. The van der Waals surface area contributed by atoms with Crippen LogP contribution in [-0.4, -0.2) is 23.6 Å². The Morgan fingerprint density at radius 3 is 2.88 bits per heavy atom. The number of hydrogen-bond acceptors (Lipinski definition) is 4. The van der Waals surface area contributed by atoms with Crippen molar-refractivity contribution >= 4 is 33.1 Å². The molecule has 1 amide bonds. The van der Waals surface area contributed by atoms with Gasteiger partial charge in [0, 0.05) is 24.3 Å². The molecule has 0 spiro atoms. The summed E-state index contributed by atoms with van der Waals surface area (Å²) in [7, 11) is 0. The van der Waals surface area contributed by atoms with E-state index in [1.807, 2.05) is 24.3 Å². The zero-order chi connectivity index (χ0) is 17.9. The van der Waals surface area contributed by atoms with Crippen LogP contribution in [0.1, 0.15) is 31.2 Å². The topological polar surface area (TPSA) is 51.2 Å². The summed E-state index contributed by atoms with van der Waals surface area (Å²) in [5, 5.41) is 3.97. The number of carbonyl (C=O) groups is 1. The highest BCUT2D eigenvalue weighted by molar-refractivity contribution is 7.21. The molecule has 5 heteroatoms. The van der Waals surface area contributed by atoms with E-state index in [0.717, 1.165) is 47.6 Å². The minimum Gasteiger partial charge on any atom is -0.378 e. The fraction of sp³-hybridized carbons (Fsp3) is 0.333. The molecule has 26 heavy (non-hydrogen) atoms. The van der Waals surface area contributed by atoms with E-state index in [1.165, 1.54) is 10.3 Å². The summed E-state index contributed by atoms with van der Waals surface area (Å²) in [6.07, 6.45) is 3.74. The maximum Gasteiger partial charge on any atom is 0.224 e. The Morgan fingerprint density at radius 2 is 2.12 bits per heavy atom. The quantitative estimate of drug-likeness (QED) is 0.678. The Morgan fingerprint density at radius 1 is 1.27 bits per heavy atom. The first-order valence-corrected chi connectivity index (χ1v) is 9.88. The summed E-state index contributed by atoms with van der Waals surface area (Å²) in [5.74, 6) is 0.0451. The number of rotatable bonds is 5. The fourth-order valence-electron chi connectivity index (χ4n) is 3.24. The number of amides is 1. The molecule has 134 valence electrons. The van der Waals surface area contributed by atoms with Gasteiger partial charge in [-0.2, -0.15) is 0 Å². The smallest absolute Gasteiger partial charge is 0.224 e. The number of ether oxygens (including phenoxy) is 1. The molecule has 0 radical (unpaired) electrons. The Balaban J connectivity index is 1.40. The number of hydrogen-bond donors (Lipinski definition) is 1. The van der Waals surface area contributed by atoms with Gasteiger partial charge in [-0.15, -0.1) is 11.3 Å². The Hall–Kier alpha value is -2.24. The van der Waals surface area contributed by atoms with Gasteiger partial charge in [0.15, 0.2) is 0 Å². The van der Waals surface area contributed by atoms with Crippen molar-refractivity contribution in [3.8, 4) is 10.6 Å². The fourth-order valence-corrected chi connectivity index (χ4v) is 4.31. The molecule has 1 fully saturated rings.